The lowest BCUT2D eigenvalue weighted by atomic mass is 9.68. The van der Waals surface area contributed by atoms with Crippen LogP contribution < -0.4 is 14.8 Å². The smallest absolute Gasteiger partial charge is 0.387 e. The summed E-state index contributed by atoms with van der Waals surface area (Å²) in [5, 5.41) is 3.37. The average Bonchev–Trinajstić information content (AvgIpc) is 3.03. The molecule has 1 aliphatic carbocycles. The Morgan fingerprint density at radius 3 is 2.63 bits per heavy atom. The van der Waals surface area contributed by atoms with Crippen LogP contribution in [0.2, 0.25) is 0 Å². The van der Waals surface area contributed by atoms with Crippen LogP contribution in [-0.4, -0.2) is 44.2 Å². The van der Waals surface area contributed by atoms with Gasteiger partial charge in [0.1, 0.15) is 0 Å². The summed E-state index contributed by atoms with van der Waals surface area (Å²) >= 11 is 0. The Labute approximate surface area is 176 Å². The number of nitrogens with zero attached hydrogens (tertiary/aromatic N) is 2. The van der Waals surface area contributed by atoms with Crippen LogP contribution in [-0.2, 0) is 6.54 Å². The maximum absolute atomic E-state index is 12.5. The molecule has 0 aromatic heterocycles. The molecule has 1 heterocycles. The molecule has 1 N–H and O–H groups in total. The van der Waals surface area contributed by atoms with Crippen LogP contribution in [0.4, 0.5) is 8.78 Å². The van der Waals surface area contributed by atoms with Crippen molar-refractivity contribution in [1.29, 1.82) is 0 Å². The molecule has 0 bridgehead atoms. The first-order valence-corrected chi connectivity index (χ1v) is 9.21. The summed E-state index contributed by atoms with van der Waals surface area (Å²) in [5.74, 6) is 1.28. The predicted molar refractivity (Wildman–Crippen MR) is 112 cm³/mol. The van der Waals surface area contributed by atoms with Crippen LogP contribution in [0.15, 0.2) is 23.2 Å². The number of nitrogens with one attached hydrogen (secondary N) is 1. The van der Waals surface area contributed by atoms with Crippen LogP contribution in [0.3, 0.4) is 0 Å². The summed E-state index contributed by atoms with van der Waals surface area (Å²) in [7, 11) is 1.79. The molecule has 1 aliphatic heterocycles. The summed E-state index contributed by atoms with van der Waals surface area (Å²) in [6.07, 6.45) is 5.22. The lowest BCUT2D eigenvalue weighted by Crippen LogP contribution is -2.42. The number of aliphatic imine (C=N–C) groups is 1. The lowest BCUT2D eigenvalue weighted by Gasteiger charge is -2.38. The fourth-order valence-electron chi connectivity index (χ4n) is 3.84. The molecule has 1 spiro atoms. The van der Waals surface area contributed by atoms with Gasteiger partial charge in [0.2, 0.25) is 0 Å². The van der Waals surface area contributed by atoms with Gasteiger partial charge in [0.15, 0.2) is 17.5 Å². The number of ether oxygens (including phenoxy) is 2. The van der Waals surface area contributed by atoms with E-state index < -0.39 is 6.61 Å². The van der Waals surface area contributed by atoms with Crippen LogP contribution in [0.5, 0.6) is 11.5 Å². The largest absolute Gasteiger partial charge is 0.490 e. The van der Waals surface area contributed by atoms with E-state index in [0.29, 0.717) is 24.3 Å². The predicted octanol–water partition coefficient (Wildman–Crippen LogP) is 4.26. The first-order chi connectivity index (χ1) is 12.5. The van der Waals surface area contributed by atoms with E-state index in [1.807, 2.05) is 6.92 Å². The molecule has 1 aromatic carbocycles. The van der Waals surface area contributed by atoms with E-state index in [1.165, 1.54) is 31.7 Å². The first kappa shape index (κ1) is 22.0. The molecule has 27 heavy (non-hydrogen) atoms. The van der Waals surface area contributed by atoms with Crippen molar-refractivity contribution in [3.05, 3.63) is 23.8 Å². The Morgan fingerprint density at radius 1 is 1.30 bits per heavy atom. The second-order valence-electron chi connectivity index (χ2n) is 7.02. The van der Waals surface area contributed by atoms with Gasteiger partial charge in [-0.1, -0.05) is 12.5 Å². The van der Waals surface area contributed by atoms with Crippen molar-refractivity contribution < 1.29 is 18.3 Å². The van der Waals surface area contributed by atoms with Crippen LogP contribution in [0.25, 0.3) is 0 Å². The molecule has 0 radical (unpaired) electrons. The van der Waals surface area contributed by atoms with Gasteiger partial charge in [-0.2, -0.15) is 8.78 Å². The van der Waals surface area contributed by atoms with Gasteiger partial charge < -0.3 is 19.7 Å². The molecule has 8 heteroatoms. The zero-order valence-electron chi connectivity index (χ0n) is 15.8. The fourth-order valence-corrected chi connectivity index (χ4v) is 3.84. The van der Waals surface area contributed by atoms with E-state index in [2.05, 4.69) is 19.9 Å². The standard InChI is InChI=1S/C19H27F2N3O2.HI/c1-3-25-16-11-14(5-6-15(16)26-17(20)21)12-23-18(22-2)24-10-9-19(13-24)7-4-8-19;/h5-6,11,17H,3-4,7-10,12-13H2,1-2H3,(H,22,23);1H. The number of alkyl halides is 2. The van der Waals surface area contributed by atoms with Crippen molar-refractivity contribution >= 4 is 29.9 Å². The van der Waals surface area contributed by atoms with Crippen molar-refractivity contribution in [2.45, 2.75) is 45.8 Å². The van der Waals surface area contributed by atoms with Crippen molar-refractivity contribution in [3.63, 3.8) is 0 Å². The van der Waals surface area contributed by atoms with Gasteiger partial charge in [-0.3, -0.25) is 4.99 Å². The summed E-state index contributed by atoms with van der Waals surface area (Å²) in [4.78, 5) is 6.72. The molecule has 1 saturated carbocycles. The summed E-state index contributed by atoms with van der Waals surface area (Å²) in [6.45, 7) is 1.97. The number of guanidine groups is 1. The Morgan fingerprint density at radius 2 is 2.07 bits per heavy atom. The molecule has 1 saturated heterocycles. The maximum atomic E-state index is 12.5. The number of hydrogen-bond donors (Lipinski definition) is 1. The highest BCUT2D eigenvalue weighted by molar-refractivity contribution is 14.0. The van der Waals surface area contributed by atoms with Gasteiger partial charge in [-0.15, -0.1) is 24.0 Å². The van der Waals surface area contributed by atoms with E-state index in [-0.39, 0.29) is 29.7 Å². The van der Waals surface area contributed by atoms with E-state index in [9.17, 15) is 8.78 Å². The van der Waals surface area contributed by atoms with Crippen LogP contribution >= 0.6 is 24.0 Å². The van der Waals surface area contributed by atoms with Crippen LogP contribution in [0, 0.1) is 5.41 Å². The minimum Gasteiger partial charge on any atom is -0.490 e. The summed E-state index contributed by atoms with van der Waals surface area (Å²) in [6, 6.07) is 5.02. The van der Waals surface area contributed by atoms with Crippen molar-refractivity contribution in [1.82, 2.24) is 10.2 Å². The number of halogens is 3. The van der Waals surface area contributed by atoms with E-state index >= 15 is 0 Å². The average molecular weight is 495 g/mol. The quantitative estimate of drug-likeness (QED) is 0.364. The second kappa shape index (κ2) is 9.75. The number of rotatable bonds is 6. The Hall–Kier alpha value is -1.32. The molecule has 3 rings (SSSR count). The first-order valence-electron chi connectivity index (χ1n) is 9.21. The number of hydrogen-bond acceptors (Lipinski definition) is 3. The zero-order valence-corrected chi connectivity index (χ0v) is 18.2. The molecule has 5 nitrogen and oxygen atoms in total. The Kier molecular flexibility index (Phi) is 7.93. The van der Waals surface area contributed by atoms with Crippen molar-refractivity contribution in [2.24, 2.45) is 10.4 Å². The molecule has 0 atom stereocenters. The molecule has 0 amide bonds. The molecule has 0 unspecified atom stereocenters. The van der Waals surface area contributed by atoms with Gasteiger partial charge >= 0.3 is 6.61 Å². The molecule has 2 fully saturated rings. The minimum atomic E-state index is -2.87. The monoisotopic (exact) mass is 495 g/mol. The van der Waals surface area contributed by atoms with Gasteiger partial charge in [-0.25, -0.2) is 0 Å². The zero-order chi connectivity index (χ0) is 18.6. The molecule has 152 valence electrons. The highest BCUT2D eigenvalue weighted by atomic mass is 127. The normalized spacial score (nSPS) is 18.3. The van der Waals surface area contributed by atoms with Gasteiger partial charge in [-0.05, 0) is 49.3 Å². The number of likely N-dealkylation sites (tertiary alicyclic amines) is 1. The molecular weight excluding hydrogens is 467 g/mol. The van der Waals surface area contributed by atoms with E-state index in [1.54, 1.807) is 19.2 Å². The van der Waals surface area contributed by atoms with Gasteiger partial charge in [0.05, 0.1) is 6.61 Å². The molecule has 2 aliphatic rings. The third-order valence-corrected chi connectivity index (χ3v) is 5.34. The Bertz CT molecular complexity index is 654. The lowest BCUT2D eigenvalue weighted by molar-refractivity contribution is -0.0514. The molecular formula is C19H28F2IN3O2. The topological polar surface area (TPSA) is 46.1 Å². The fraction of sp³-hybridized carbons (Fsp3) is 0.632. The van der Waals surface area contributed by atoms with Crippen LogP contribution in [0.1, 0.15) is 38.2 Å². The number of benzene rings is 1. The van der Waals surface area contributed by atoms with Crippen molar-refractivity contribution in [2.75, 3.05) is 26.7 Å². The maximum Gasteiger partial charge on any atom is 0.387 e. The van der Waals surface area contributed by atoms with Gasteiger partial charge in [0, 0.05) is 26.7 Å². The third kappa shape index (κ3) is 5.36. The Balaban J connectivity index is 0.00000261. The highest BCUT2D eigenvalue weighted by Gasteiger charge is 2.43. The van der Waals surface area contributed by atoms with E-state index in [4.69, 9.17) is 4.74 Å². The minimum absolute atomic E-state index is 0. The SMILES string of the molecule is CCOc1cc(CNC(=NC)N2CCC3(CCC3)C2)ccc1OC(F)F.I. The summed E-state index contributed by atoms with van der Waals surface area (Å²) < 4.78 is 34.9. The van der Waals surface area contributed by atoms with E-state index in [0.717, 1.165) is 24.6 Å². The molecule has 1 aromatic rings. The summed E-state index contributed by atoms with van der Waals surface area (Å²) in [5.41, 5.74) is 1.43. The third-order valence-electron chi connectivity index (χ3n) is 5.34. The highest BCUT2D eigenvalue weighted by Crippen LogP contribution is 2.47. The second-order valence-corrected chi connectivity index (χ2v) is 7.02. The van der Waals surface area contributed by atoms with Gasteiger partial charge in [0.25, 0.3) is 0 Å². The van der Waals surface area contributed by atoms with Crippen molar-refractivity contribution in [3.8, 4) is 11.5 Å².